The third-order valence-electron chi connectivity index (χ3n) is 5.74. The highest BCUT2D eigenvalue weighted by atomic mass is 16.5. The van der Waals surface area contributed by atoms with Gasteiger partial charge in [0.25, 0.3) is 0 Å². The van der Waals surface area contributed by atoms with Crippen molar-refractivity contribution < 1.29 is 33.4 Å². The topological polar surface area (TPSA) is 62.2 Å². The van der Waals surface area contributed by atoms with Gasteiger partial charge in [0.1, 0.15) is 35.2 Å². The Kier molecular flexibility index (Phi) is 3.40. The van der Waals surface area contributed by atoms with Gasteiger partial charge in [-0.3, -0.25) is 4.90 Å². The van der Waals surface area contributed by atoms with Crippen molar-refractivity contribution in [3.05, 3.63) is 83.4 Å². The van der Waals surface area contributed by atoms with Crippen molar-refractivity contribution in [1.82, 2.24) is 4.90 Å². The molecule has 0 bridgehead atoms. The van der Waals surface area contributed by atoms with Crippen LogP contribution in [0.5, 0.6) is 23.0 Å². The van der Waals surface area contributed by atoms with E-state index in [1.807, 2.05) is 0 Å². The molecule has 2 aliphatic heterocycles. The summed E-state index contributed by atoms with van der Waals surface area (Å²) in [6.07, 6.45) is -4.50. The van der Waals surface area contributed by atoms with Gasteiger partial charge in [0.15, 0.2) is 0 Å². The fourth-order valence-corrected chi connectivity index (χ4v) is 4.05. The lowest BCUT2D eigenvalue weighted by Crippen LogP contribution is -2.53. The van der Waals surface area contributed by atoms with Crippen molar-refractivity contribution in [3.63, 3.8) is 0 Å². The molecule has 1 fully saturated rings. The Balaban J connectivity index is 1.42. The summed E-state index contributed by atoms with van der Waals surface area (Å²) in [5, 5.41) is 19.9. The summed E-state index contributed by atoms with van der Waals surface area (Å²) in [5.41, 5.74) is 1.82. The molecular formula is C28H29NO4. The molecule has 0 amide bonds. The molecule has 33 heavy (non-hydrogen) atoms. The average molecular weight is 454 g/mol. The van der Waals surface area contributed by atoms with E-state index in [9.17, 15) is 10.2 Å². The van der Waals surface area contributed by atoms with Crippen LogP contribution in [-0.4, -0.2) is 40.8 Å². The third-order valence-corrected chi connectivity index (χ3v) is 5.74. The lowest BCUT2D eigenvalue weighted by molar-refractivity contribution is 0.0202. The first-order valence-electron chi connectivity index (χ1n) is 15.5. The molecule has 3 aromatic rings. The zero-order chi connectivity index (χ0) is 31.5. The van der Waals surface area contributed by atoms with E-state index in [-0.39, 0.29) is 35.9 Å². The molecule has 2 aliphatic rings. The number of hydrogen-bond donors (Lipinski definition) is 2. The number of ether oxygens (including phenoxy) is 2. The average Bonchev–Trinajstić information content (AvgIpc) is 2.88. The van der Waals surface area contributed by atoms with E-state index < -0.39 is 38.8 Å². The van der Waals surface area contributed by atoms with E-state index in [2.05, 4.69) is 0 Å². The van der Waals surface area contributed by atoms with Crippen LogP contribution in [0.4, 0.5) is 0 Å². The number of rotatable bonds is 6. The predicted molar refractivity (Wildman–Crippen MR) is 130 cm³/mol. The van der Waals surface area contributed by atoms with Gasteiger partial charge in [0.2, 0.25) is 0 Å². The van der Waals surface area contributed by atoms with Crippen molar-refractivity contribution in [2.45, 2.75) is 32.3 Å². The second-order valence-electron chi connectivity index (χ2n) is 7.96. The first kappa shape index (κ1) is 12.7. The molecule has 0 radical (unpaired) electrons. The van der Waals surface area contributed by atoms with Crippen molar-refractivity contribution in [1.29, 1.82) is 0 Å². The van der Waals surface area contributed by atoms with Gasteiger partial charge in [-0.25, -0.2) is 0 Å². The zero-order valence-electron chi connectivity index (χ0n) is 27.6. The molecule has 1 saturated heterocycles. The lowest BCUT2D eigenvalue weighted by Gasteiger charge is -2.38. The molecule has 170 valence electrons. The molecule has 1 unspecified atom stereocenters. The smallest absolute Gasteiger partial charge is 0.150 e. The van der Waals surface area contributed by atoms with Gasteiger partial charge < -0.3 is 19.7 Å². The first-order chi connectivity index (χ1) is 19.9. The summed E-state index contributed by atoms with van der Waals surface area (Å²) in [6.45, 7) is -8.48. The van der Waals surface area contributed by atoms with Gasteiger partial charge in [0.05, 0.1) is 0 Å². The summed E-state index contributed by atoms with van der Waals surface area (Å²) < 4.78 is 91.3. The number of allylic oxidation sites excluding steroid dienone is 1. The first-order valence-corrected chi connectivity index (χ1v) is 10.5. The van der Waals surface area contributed by atoms with Crippen LogP contribution in [0, 0.1) is 0 Å². The monoisotopic (exact) mass is 453 g/mol. The van der Waals surface area contributed by atoms with Gasteiger partial charge in [-0.2, -0.15) is 0 Å². The maximum absolute atomic E-state index is 10.1. The fourth-order valence-electron chi connectivity index (χ4n) is 4.05. The molecule has 2 heterocycles. The van der Waals surface area contributed by atoms with Gasteiger partial charge in [-0.1, -0.05) is 31.1 Å². The summed E-state index contributed by atoms with van der Waals surface area (Å²) in [6, 6.07) is 17.0. The summed E-state index contributed by atoms with van der Waals surface area (Å²) in [4.78, 5) is 1.09. The van der Waals surface area contributed by atoms with Gasteiger partial charge in [-0.05, 0) is 72.8 Å². The number of phenolic OH excluding ortho intramolecular Hbond substituents is 2. The third kappa shape index (κ3) is 4.29. The molecule has 0 aliphatic carbocycles. The molecule has 5 rings (SSSR count). The summed E-state index contributed by atoms with van der Waals surface area (Å²) in [5.74, 6) is 0.523. The number of hydrogen-bond acceptors (Lipinski definition) is 5. The van der Waals surface area contributed by atoms with E-state index in [0.717, 1.165) is 4.90 Å². The van der Waals surface area contributed by atoms with Crippen LogP contribution >= 0.6 is 0 Å². The minimum Gasteiger partial charge on any atom is -0.508 e. The second-order valence-corrected chi connectivity index (χ2v) is 7.96. The van der Waals surface area contributed by atoms with Crippen LogP contribution in [0.2, 0.25) is 0 Å². The van der Waals surface area contributed by atoms with E-state index in [4.69, 9.17) is 23.2 Å². The lowest BCUT2D eigenvalue weighted by atomic mass is 9.86. The van der Waals surface area contributed by atoms with Crippen LogP contribution in [0.3, 0.4) is 0 Å². The number of benzene rings is 3. The largest absolute Gasteiger partial charge is 0.508 e. The van der Waals surface area contributed by atoms with Crippen LogP contribution < -0.4 is 9.47 Å². The Hall–Kier alpha value is -3.44. The van der Waals surface area contributed by atoms with Crippen molar-refractivity contribution >= 4 is 11.1 Å². The number of nitrogens with zero attached hydrogens (tertiary/aromatic N) is 1. The summed E-state index contributed by atoms with van der Waals surface area (Å²) in [7, 11) is 0. The molecule has 2 N–H and O–H groups in total. The Morgan fingerprint density at radius 1 is 1.03 bits per heavy atom. The standard InChI is InChI=1S/C28H29NO4/c1-3-14-29-16-24(17-29)32-23-11-6-20(7-12-23)28-27(19-4-8-21(30)9-5-19)18(2)25-13-10-22(31)15-26(25)33-28/h4-13,15,24,28,30-31H,3,14,16-17H2,1-2H3/i1D3,2D3,3D2,14D2. The van der Waals surface area contributed by atoms with Gasteiger partial charge >= 0.3 is 0 Å². The van der Waals surface area contributed by atoms with Gasteiger partial charge in [0, 0.05) is 44.0 Å². The SMILES string of the molecule is [2H]C([2H])([2H])C1=C(c2ccc(O)cc2)C(c2ccc(OC3CN(C([2H])([2H])C([2H])([2H])C([2H])([2H])[2H])C3)cc2)Oc2cc(O)ccc21. The number of aromatic hydroxyl groups is 2. The van der Waals surface area contributed by atoms with Crippen LogP contribution in [0.25, 0.3) is 11.1 Å². The highest BCUT2D eigenvalue weighted by Gasteiger charge is 2.30. The Morgan fingerprint density at radius 3 is 2.52 bits per heavy atom. The molecule has 5 nitrogen and oxygen atoms in total. The van der Waals surface area contributed by atoms with E-state index in [0.29, 0.717) is 28.0 Å². The quantitative estimate of drug-likeness (QED) is 0.506. The predicted octanol–water partition coefficient (Wildman–Crippen LogP) is 5.64. The highest BCUT2D eigenvalue weighted by Crippen LogP contribution is 2.47. The minimum absolute atomic E-state index is 0.0112. The van der Waals surface area contributed by atoms with Crippen LogP contribution in [0.1, 0.15) is 56.6 Å². The Labute approximate surface area is 208 Å². The number of likely N-dealkylation sites (tertiary alicyclic amines) is 1. The molecule has 0 saturated carbocycles. The van der Waals surface area contributed by atoms with Crippen LogP contribution in [0.15, 0.2) is 66.7 Å². The summed E-state index contributed by atoms with van der Waals surface area (Å²) >= 11 is 0. The molecule has 0 aromatic heterocycles. The molecule has 5 heteroatoms. The van der Waals surface area contributed by atoms with E-state index in [1.54, 1.807) is 36.4 Å². The molecule has 3 aromatic carbocycles. The van der Waals surface area contributed by atoms with Crippen LogP contribution in [-0.2, 0) is 0 Å². The maximum atomic E-state index is 10.1. The van der Waals surface area contributed by atoms with E-state index in [1.165, 1.54) is 30.3 Å². The van der Waals surface area contributed by atoms with E-state index >= 15 is 0 Å². The number of fused-ring (bicyclic) bond motifs is 1. The zero-order valence-corrected chi connectivity index (χ0v) is 17.6. The Morgan fingerprint density at radius 2 is 1.79 bits per heavy atom. The van der Waals surface area contributed by atoms with Crippen molar-refractivity contribution in [3.8, 4) is 23.0 Å². The van der Waals surface area contributed by atoms with Crippen molar-refractivity contribution in [2.24, 2.45) is 0 Å². The van der Waals surface area contributed by atoms with Crippen molar-refractivity contribution in [2.75, 3.05) is 19.6 Å². The highest BCUT2D eigenvalue weighted by molar-refractivity contribution is 5.95. The maximum Gasteiger partial charge on any atom is 0.150 e. The minimum atomic E-state index is -3.15. The number of phenols is 2. The Bertz CT molecular complexity index is 1530. The molecule has 0 spiro atoms. The normalized spacial score (nSPS) is 24.5. The fraction of sp³-hybridized carbons (Fsp3) is 0.286. The second kappa shape index (κ2) is 8.83. The molecular weight excluding hydrogens is 414 g/mol. The molecule has 1 atom stereocenters. The van der Waals surface area contributed by atoms with Gasteiger partial charge in [-0.15, -0.1) is 0 Å².